The van der Waals surface area contributed by atoms with Crippen LogP contribution in [0.3, 0.4) is 0 Å². The molecule has 3 atom stereocenters. The fraction of sp³-hybridized carbons (Fsp3) is 0.760. The summed E-state index contributed by atoms with van der Waals surface area (Å²) in [5.74, 6) is 1.63. The molecule has 2 heterocycles. The number of pyridine rings is 1. The third-order valence-corrected chi connectivity index (χ3v) is 7.06. The molecule has 2 fully saturated rings. The molecular weight excluding hydrogens is 386 g/mol. The van der Waals surface area contributed by atoms with Crippen molar-refractivity contribution in [3.63, 3.8) is 0 Å². The maximum absolute atomic E-state index is 12.9. The molecule has 1 aliphatic heterocycles. The van der Waals surface area contributed by atoms with Crippen LogP contribution in [-0.2, 0) is 4.79 Å². The van der Waals surface area contributed by atoms with E-state index in [0.717, 1.165) is 62.5 Å². The van der Waals surface area contributed by atoms with E-state index in [4.69, 9.17) is 4.98 Å². The van der Waals surface area contributed by atoms with E-state index in [1.54, 1.807) is 0 Å². The first-order valence-corrected chi connectivity index (χ1v) is 11.9. The highest BCUT2D eigenvalue weighted by atomic mass is 16.2. The fourth-order valence-corrected chi connectivity index (χ4v) is 4.80. The van der Waals surface area contributed by atoms with Crippen molar-refractivity contribution in [1.29, 1.82) is 0 Å². The van der Waals surface area contributed by atoms with E-state index in [9.17, 15) is 4.79 Å². The third-order valence-electron chi connectivity index (χ3n) is 7.06. The van der Waals surface area contributed by atoms with E-state index in [0.29, 0.717) is 5.92 Å². The molecule has 174 valence electrons. The van der Waals surface area contributed by atoms with E-state index in [1.165, 1.54) is 0 Å². The molecule has 2 aliphatic rings. The molecule has 0 aromatic carbocycles. The third kappa shape index (κ3) is 6.12. The summed E-state index contributed by atoms with van der Waals surface area (Å²) >= 11 is 0. The smallest absolute Gasteiger partial charge is 0.224 e. The van der Waals surface area contributed by atoms with Gasteiger partial charge in [0, 0.05) is 37.8 Å². The van der Waals surface area contributed by atoms with Crippen LogP contribution in [-0.4, -0.2) is 55.6 Å². The van der Waals surface area contributed by atoms with Gasteiger partial charge in [-0.2, -0.15) is 0 Å². The molecular formula is C25H43N5O. The predicted octanol–water partition coefficient (Wildman–Crippen LogP) is 4.31. The van der Waals surface area contributed by atoms with Crippen molar-refractivity contribution in [2.75, 3.05) is 44.4 Å². The standard InChI is InChI=1S/C25H43N5O/c1-24(2,3)16-27-20-9-8-19(28-22(20)26-6)17-10-12-25(4,5)21(14-17)29-23(31)18-11-13-30(7)15-18/h8-9,17-18,21,27H,10-16H2,1-7H3,(H,26,28)(H,29,31). The summed E-state index contributed by atoms with van der Waals surface area (Å²) in [7, 11) is 4.03. The molecule has 3 N–H and O–H groups in total. The van der Waals surface area contributed by atoms with Gasteiger partial charge in [0.15, 0.2) is 0 Å². The fourth-order valence-electron chi connectivity index (χ4n) is 4.80. The number of aromatic nitrogens is 1. The minimum Gasteiger partial charge on any atom is -0.382 e. The first kappa shape index (κ1) is 23.8. The molecule has 3 rings (SSSR count). The van der Waals surface area contributed by atoms with Crippen molar-refractivity contribution in [2.24, 2.45) is 16.7 Å². The van der Waals surface area contributed by atoms with Crippen molar-refractivity contribution in [3.05, 3.63) is 17.8 Å². The Labute approximate surface area is 189 Å². The van der Waals surface area contributed by atoms with E-state index in [2.05, 4.69) is 74.6 Å². The molecule has 1 amide bonds. The normalized spacial score (nSPS) is 26.5. The van der Waals surface area contributed by atoms with Crippen molar-refractivity contribution in [3.8, 4) is 0 Å². The largest absolute Gasteiger partial charge is 0.382 e. The van der Waals surface area contributed by atoms with Gasteiger partial charge in [0.1, 0.15) is 5.82 Å². The number of likely N-dealkylation sites (tertiary alicyclic amines) is 1. The van der Waals surface area contributed by atoms with Gasteiger partial charge >= 0.3 is 0 Å². The molecule has 0 bridgehead atoms. The number of amides is 1. The lowest BCUT2D eigenvalue weighted by Gasteiger charge is -2.42. The molecule has 1 saturated carbocycles. The van der Waals surface area contributed by atoms with E-state index in [-0.39, 0.29) is 28.7 Å². The maximum atomic E-state index is 12.9. The number of nitrogens with zero attached hydrogens (tertiary/aromatic N) is 2. The van der Waals surface area contributed by atoms with Crippen LogP contribution in [0.15, 0.2) is 12.1 Å². The zero-order valence-corrected chi connectivity index (χ0v) is 20.6. The van der Waals surface area contributed by atoms with E-state index in [1.807, 2.05) is 7.05 Å². The summed E-state index contributed by atoms with van der Waals surface area (Å²) in [4.78, 5) is 20.1. The first-order valence-electron chi connectivity index (χ1n) is 11.9. The van der Waals surface area contributed by atoms with E-state index >= 15 is 0 Å². The number of rotatable bonds is 6. The van der Waals surface area contributed by atoms with Crippen molar-refractivity contribution in [2.45, 2.75) is 72.3 Å². The summed E-state index contributed by atoms with van der Waals surface area (Å²) in [6, 6.07) is 4.50. The maximum Gasteiger partial charge on any atom is 0.224 e. The Morgan fingerprint density at radius 1 is 1.26 bits per heavy atom. The quantitative estimate of drug-likeness (QED) is 0.629. The lowest BCUT2D eigenvalue weighted by Crippen LogP contribution is -2.50. The van der Waals surface area contributed by atoms with Crippen LogP contribution in [0.2, 0.25) is 0 Å². The number of carbonyl (C=O) groups excluding carboxylic acids is 1. The molecule has 3 unspecified atom stereocenters. The molecule has 6 heteroatoms. The summed E-state index contributed by atoms with van der Waals surface area (Å²) < 4.78 is 0. The Morgan fingerprint density at radius 3 is 2.61 bits per heavy atom. The van der Waals surface area contributed by atoms with Crippen LogP contribution in [0.25, 0.3) is 0 Å². The SMILES string of the molecule is CNc1nc(C2CCC(C)(C)C(NC(=O)C3CCN(C)C3)C2)ccc1NCC(C)(C)C. The van der Waals surface area contributed by atoms with Gasteiger partial charge in [-0.05, 0) is 62.2 Å². The molecule has 1 aliphatic carbocycles. The number of anilines is 2. The minimum absolute atomic E-state index is 0.108. The monoisotopic (exact) mass is 429 g/mol. The zero-order chi connectivity index (χ0) is 22.8. The molecule has 0 spiro atoms. The number of nitrogens with one attached hydrogen (secondary N) is 3. The van der Waals surface area contributed by atoms with Crippen molar-refractivity contribution < 1.29 is 4.79 Å². The Kier molecular flexibility index (Phi) is 7.19. The zero-order valence-electron chi connectivity index (χ0n) is 20.6. The molecule has 31 heavy (non-hydrogen) atoms. The van der Waals surface area contributed by atoms with Gasteiger partial charge in [0.05, 0.1) is 11.6 Å². The topological polar surface area (TPSA) is 69.3 Å². The van der Waals surface area contributed by atoms with Gasteiger partial charge in [-0.3, -0.25) is 4.79 Å². The van der Waals surface area contributed by atoms with Crippen LogP contribution in [0.1, 0.15) is 71.9 Å². The van der Waals surface area contributed by atoms with E-state index < -0.39 is 0 Å². The Hall–Kier alpha value is -1.82. The first-order chi connectivity index (χ1) is 14.5. The van der Waals surface area contributed by atoms with Gasteiger partial charge in [0.25, 0.3) is 0 Å². The summed E-state index contributed by atoms with van der Waals surface area (Å²) in [6.07, 6.45) is 4.12. The average molecular weight is 430 g/mol. The second-order valence-corrected chi connectivity index (χ2v) is 11.6. The second-order valence-electron chi connectivity index (χ2n) is 11.6. The van der Waals surface area contributed by atoms with Gasteiger partial charge in [-0.15, -0.1) is 0 Å². The van der Waals surface area contributed by atoms with Crippen LogP contribution >= 0.6 is 0 Å². The van der Waals surface area contributed by atoms with Gasteiger partial charge in [-0.25, -0.2) is 4.98 Å². The Balaban J connectivity index is 1.70. The van der Waals surface area contributed by atoms with Gasteiger partial charge in [-0.1, -0.05) is 34.6 Å². The van der Waals surface area contributed by atoms with Crippen LogP contribution in [0.5, 0.6) is 0 Å². The Morgan fingerprint density at radius 2 is 2.00 bits per heavy atom. The lowest BCUT2D eigenvalue weighted by molar-refractivity contribution is -0.126. The highest BCUT2D eigenvalue weighted by molar-refractivity contribution is 5.79. The molecule has 1 aromatic heterocycles. The summed E-state index contributed by atoms with van der Waals surface area (Å²) in [5.41, 5.74) is 2.49. The Bertz CT molecular complexity index is 770. The number of hydrogen-bond donors (Lipinski definition) is 3. The summed E-state index contributed by atoms with van der Waals surface area (Å²) in [6.45, 7) is 14.0. The number of hydrogen-bond acceptors (Lipinski definition) is 5. The van der Waals surface area contributed by atoms with Gasteiger partial charge in [0.2, 0.25) is 5.91 Å². The van der Waals surface area contributed by atoms with Crippen molar-refractivity contribution >= 4 is 17.4 Å². The average Bonchev–Trinajstić information content (AvgIpc) is 3.13. The molecule has 6 nitrogen and oxygen atoms in total. The van der Waals surface area contributed by atoms with Gasteiger partial charge < -0.3 is 20.9 Å². The molecule has 1 aromatic rings. The minimum atomic E-state index is 0.108. The second kappa shape index (κ2) is 9.35. The molecule has 0 radical (unpaired) electrons. The highest BCUT2D eigenvalue weighted by Crippen LogP contribution is 2.43. The van der Waals surface area contributed by atoms with Crippen LogP contribution in [0, 0.1) is 16.7 Å². The highest BCUT2D eigenvalue weighted by Gasteiger charge is 2.39. The molecule has 1 saturated heterocycles. The lowest BCUT2D eigenvalue weighted by atomic mass is 9.68. The summed E-state index contributed by atoms with van der Waals surface area (Å²) in [5, 5.41) is 10.2. The predicted molar refractivity (Wildman–Crippen MR) is 130 cm³/mol. The van der Waals surface area contributed by atoms with Crippen LogP contribution < -0.4 is 16.0 Å². The van der Waals surface area contributed by atoms with Crippen LogP contribution in [0.4, 0.5) is 11.5 Å². The number of carbonyl (C=O) groups is 1. The van der Waals surface area contributed by atoms with Crippen molar-refractivity contribution in [1.82, 2.24) is 15.2 Å².